The Kier molecular flexibility index (Phi) is 4.67. The first kappa shape index (κ1) is 15.3. The summed E-state index contributed by atoms with van der Waals surface area (Å²) in [5, 5.41) is 6.65. The second-order valence-corrected chi connectivity index (χ2v) is 6.72. The average molecular weight is 321 g/mol. The fourth-order valence-corrected chi connectivity index (χ4v) is 3.20. The van der Waals surface area contributed by atoms with Crippen LogP contribution in [0.25, 0.3) is 0 Å². The summed E-state index contributed by atoms with van der Waals surface area (Å²) in [6, 6.07) is 7.71. The van der Waals surface area contributed by atoms with Crippen LogP contribution in [0.2, 0.25) is 5.02 Å². The van der Waals surface area contributed by atoms with E-state index < -0.39 is 0 Å². The Balaban J connectivity index is 1.42. The number of hydrogen-bond acceptors (Lipinski definition) is 2. The first-order chi connectivity index (χ1) is 10.6. The molecule has 2 N–H and O–H groups in total. The summed E-state index contributed by atoms with van der Waals surface area (Å²) >= 11 is 5.83. The molecule has 2 amide bonds. The zero-order valence-corrected chi connectivity index (χ0v) is 13.2. The van der Waals surface area contributed by atoms with E-state index in [0.29, 0.717) is 24.0 Å². The standard InChI is InChI=1S/C17H21ClN2O2/c18-12-7-5-11(6-8-12)10-19-16(21)14-9-15(14)17(22)20-13-3-1-2-4-13/h5-8,13-15H,1-4,9-10H2,(H,19,21)(H,20,22). The number of rotatable bonds is 5. The highest BCUT2D eigenvalue weighted by Gasteiger charge is 2.48. The highest BCUT2D eigenvalue weighted by Crippen LogP contribution is 2.39. The molecule has 118 valence electrons. The first-order valence-electron chi connectivity index (χ1n) is 7.96. The van der Waals surface area contributed by atoms with Gasteiger partial charge in [-0.3, -0.25) is 9.59 Å². The molecule has 2 atom stereocenters. The van der Waals surface area contributed by atoms with Crippen molar-refractivity contribution in [3.8, 4) is 0 Å². The third-order valence-corrected chi connectivity index (χ3v) is 4.80. The van der Waals surface area contributed by atoms with Gasteiger partial charge in [0.25, 0.3) is 0 Å². The maximum absolute atomic E-state index is 12.1. The van der Waals surface area contributed by atoms with Crippen LogP contribution in [-0.4, -0.2) is 17.9 Å². The lowest BCUT2D eigenvalue weighted by atomic mass is 10.2. The van der Waals surface area contributed by atoms with Gasteiger partial charge in [-0.2, -0.15) is 0 Å². The average Bonchev–Trinajstić information content (AvgIpc) is 3.17. The Labute approximate surface area is 135 Å². The van der Waals surface area contributed by atoms with E-state index in [0.717, 1.165) is 18.4 Å². The topological polar surface area (TPSA) is 58.2 Å². The SMILES string of the molecule is O=C(NCc1ccc(Cl)cc1)C1CC1C(=O)NC1CCCC1. The van der Waals surface area contributed by atoms with Gasteiger partial charge in [0.15, 0.2) is 0 Å². The molecule has 2 aliphatic carbocycles. The van der Waals surface area contributed by atoms with Gasteiger partial charge in [-0.15, -0.1) is 0 Å². The molecule has 0 bridgehead atoms. The van der Waals surface area contributed by atoms with Crippen LogP contribution in [0, 0.1) is 11.8 Å². The Hall–Kier alpha value is -1.55. The van der Waals surface area contributed by atoms with Crippen LogP contribution in [-0.2, 0) is 16.1 Å². The van der Waals surface area contributed by atoms with E-state index >= 15 is 0 Å². The Morgan fingerprint density at radius 3 is 2.36 bits per heavy atom. The van der Waals surface area contributed by atoms with Gasteiger partial charge >= 0.3 is 0 Å². The van der Waals surface area contributed by atoms with E-state index in [1.165, 1.54) is 12.8 Å². The van der Waals surface area contributed by atoms with Crippen LogP contribution in [0.3, 0.4) is 0 Å². The molecular formula is C17H21ClN2O2. The second kappa shape index (κ2) is 6.69. The Morgan fingerprint density at radius 1 is 1.05 bits per heavy atom. The second-order valence-electron chi connectivity index (χ2n) is 6.28. The third kappa shape index (κ3) is 3.80. The minimum atomic E-state index is -0.159. The summed E-state index contributed by atoms with van der Waals surface area (Å²) < 4.78 is 0. The minimum absolute atomic E-state index is 0.0264. The van der Waals surface area contributed by atoms with E-state index in [2.05, 4.69) is 10.6 Å². The van der Waals surface area contributed by atoms with Crippen LogP contribution in [0.1, 0.15) is 37.7 Å². The summed E-state index contributed by atoms with van der Waals surface area (Å²) in [4.78, 5) is 24.2. The smallest absolute Gasteiger partial charge is 0.224 e. The van der Waals surface area contributed by atoms with E-state index in [-0.39, 0.29) is 23.7 Å². The van der Waals surface area contributed by atoms with Crippen molar-refractivity contribution in [2.75, 3.05) is 0 Å². The van der Waals surface area contributed by atoms with Crippen molar-refractivity contribution in [2.24, 2.45) is 11.8 Å². The fourth-order valence-electron chi connectivity index (χ4n) is 3.08. The van der Waals surface area contributed by atoms with Gasteiger partial charge in [0.2, 0.25) is 11.8 Å². The molecule has 4 nitrogen and oxygen atoms in total. The fraction of sp³-hybridized carbons (Fsp3) is 0.529. The molecule has 3 rings (SSSR count). The lowest BCUT2D eigenvalue weighted by Gasteiger charge is -2.11. The number of carbonyl (C=O) groups is 2. The molecule has 2 saturated carbocycles. The zero-order chi connectivity index (χ0) is 15.5. The zero-order valence-electron chi connectivity index (χ0n) is 12.5. The maximum Gasteiger partial charge on any atom is 0.224 e. The predicted molar refractivity (Wildman–Crippen MR) is 85.3 cm³/mol. The summed E-state index contributed by atoms with van der Waals surface area (Å²) in [7, 11) is 0. The molecular weight excluding hydrogens is 300 g/mol. The molecule has 0 aromatic heterocycles. The number of hydrogen-bond donors (Lipinski definition) is 2. The van der Waals surface area contributed by atoms with Crippen LogP contribution < -0.4 is 10.6 Å². The molecule has 1 aromatic carbocycles. The molecule has 1 aromatic rings. The van der Waals surface area contributed by atoms with Crippen molar-refractivity contribution in [3.63, 3.8) is 0 Å². The molecule has 0 heterocycles. The minimum Gasteiger partial charge on any atom is -0.353 e. The maximum atomic E-state index is 12.1. The van der Waals surface area contributed by atoms with Gasteiger partial charge in [0, 0.05) is 17.6 Å². The van der Waals surface area contributed by atoms with Crippen molar-refractivity contribution in [3.05, 3.63) is 34.9 Å². The molecule has 2 fully saturated rings. The van der Waals surface area contributed by atoms with Crippen molar-refractivity contribution in [1.29, 1.82) is 0 Å². The Bertz CT molecular complexity index is 552. The quantitative estimate of drug-likeness (QED) is 0.876. The summed E-state index contributed by atoms with van der Waals surface area (Å²) in [6.45, 7) is 0.476. The van der Waals surface area contributed by atoms with Crippen molar-refractivity contribution < 1.29 is 9.59 Å². The largest absolute Gasteiger partial charge is 0.353 e. The number of carbonyl (C=O) groups excluding carboxylic acids is 2. The van der Waals surface area contributed by atoms with Gasteiger partial charge in [-0.05, 0) is 37.0 Å². The lowest BCUT2D eigenvalue weighted by molar-refractivity contribution is -0.127. The highest BCUT2D eigenvalue weighted by molar-refractivity contribution is 6.30. The van der Waals surface area contributed by atoms with Gasteiger partial charge in [0.1, 0.15) is 0 Å². The van der Waals surface area contributed by atoms with E-state index in [9.17, 15) is 9.59 Å². The molecule has 0 saturated heterocycles. The molecule has 0 radical (unpaired) electrons. The van der Waals surface area contributed by atoms with Gasteiger partial charge in [-0.1, -0.05) is 36.6 Å². The Morgan fingerprint density at radius 2 is 1.68 bits per heavy atom. The van der Waals surface area contributed by atoms with E-state index in [4.69, 9.17) is 11.6 Å². The lowest BCUT2D eigenvalue weighted by Crippen LogP contribution is -2.35. The molecule has 0 spiro atoms. The van der Waals surface area contributed by atoms with Crippen LogP contribution in [0.4, 0.5) is 0 Å². The third-order valence-electron chi connectivity index (χ3n) is 4.55. The first-order valence-corrected chi connectivity index (χ1v) is 8.34. The van der Waals surface area contributed by atoms with Gasteiger partial charge < -0.3 is 10.6 Å². The number of benzene rings is 1. The van der Waals surface area contributed by atoms with Crippen molar-refractivity contribution >= 4 is 23.4 Å². The van der Waals surface area contributed by atoms with Gasteiger partial charge in [0.05, 0.1) is 11.8 Å². The van der Waals surface area contributed by atoms with Crippen LogP contribution in [0.5, 0.6) is 0 Å². The van der Waals surface area contributed by atoms with Crippen LogP contribution >= 0.6 is 11.6 Å². The normalized spacial score (nSPS) is 24.0. The molecule has 0 aliphatic heterocycles. The van der Waals surface area contributed by atoms with Gasteiger partial charge in [-0.25, -0.2) is 0 Å². The summed E-state index contributed by atoms with van der Waals surface area (Å²) in [5.74, 6) is -0.264. The number of amides is 2. The molecule has 5 heteroatoms. The van der Waals surface area contributed by atoms with E-state index in [1.807, 2.05) is 12.1 Å². The highest BCUT2D eigenvalue weighted by atomic mass is 35.5. The summed E-state index contributed by atoms with van der Waals surface area (Å²) in [6.07, 6.45) is 5.21. The number of halogens is 1. The number of nitrogens with one attached hydrogen (secondary N) is 2. The van der Waals surface area contributed by atoms with Crippen molar-refractivity contribution in [2.45, 2.75) is 44.7 Å². The molecule has 2 aliphatic rings. The summed E-state index contributed by atoms with van der Waals surface area (Å²) in [5.41, 5.74) is 1.00. The van der Waals surface area contributed by atoms with Crippen LogP contribution in [0.15, 0.2) is 24.3 Å². The van der Waals surface area contributed by atoms with Crippen molar-refractivity contribution in [1.82, 2.24) is 10.6 Å². The molecule has 2 unspecified atom stereocenters. The van der Waals surface area contributed by atoms with E-state index in [1.54, 1.807) is 12.1 Å². The monoisotopic (exact) mass is 320 g/mol. The predicted octanol–water partition coefficient (Wildman–Crippen LogP) is 2.65. The molecule has 22 heavy (non-hydrogen) atoms.